The lowest BCUT2D eigenvalue weighted by molar-refractivity contribution is 0.663. The summed E-state index contributed by atoms with van der Waals surface area (Å²) in [5, 5.41) is 11.0. The minimum Gasteiger partial charge on any atom is -0.366 e. The van der Waals surface area contributed by atoms with E-state index in [4.69, 9.17) is 0 Å². The van der Waals surface area contributed by atoms with Crippen LogP contribution >= 0.6 is 11.8 Å². The predicted octanol–water partition coefficient (Wildman–Crippen LogP) is 2.59. The van der Waals surface area contributed by atoms with Crippen molar-refractivity contribution in [3.05, 3.63) is 11.3 Å². The number of hydrogen-bond acceptors (Lipinski definition) is 3. The van der Waals surface area contributed by atoms with Crippen molar-refractivity contribution in [1.82, 2.24) is 10.2 Å². The first kappa shape index (κ1) is 10.9. The van der Waals surface area contributed by atoms with Gasteiger partial charge in [-0.3, -0.25) is 5.10 Å². The van der Waals surface area contributed by atoms with Gasteiger partial charge in [0.25, 0.3) is 0 Å². The molecular formula is C11H19N3S. The van der Waals surface area contributed by atoms with Gasteiger partial charge in [0, 0.05) is 17.3 Å². The van der Waals surface area contributed by atoms with Crippen LogP contribution in [0.3, 0.4) is 0 Å². The SMILES string of the molecule is CCc1[nH]nc(NC2CCSCC2)c1C. The summed E-state index contributed by atoms with van der Waals surface area (Å²) in [6, 6.07) is 0.623. The van der Waals surface area contributed by atoms with E-state index in [0.717, 1.165) is 12.2 Å². The summed E-state index contributed by atoms with van der Waals surface area (Å²) in [6.07, 6.45) is 3.55. The van der Waals surface area contributed by atoms with Crippen molar-refractivity contribution < 1.29 is 0 Å². The number of aryl methyl sites for hydroxylation is 1. The minimum atomic E-state index is 0.623. The quantitative estimate of drug-likeness (QED) is 0.830. The molecule has 0 aliphatic carbocycles. The van der Waals surface area contributed by atoms with Crippen molar-refractivity contribution in [3.8, 4) is 0 Å². The summed E-state index contributed by atoms with van der Waals surface area (Å²) < 4.78 is 0. The van der Waals surface area contributed by atoms with E-state index >= 15 is 0 Å². The molecule has 1 aliphatic rings. The third-order valence-electron chi connectivity index (χ3n) is 3.03. The normalized spacial score (nSPS) is 18.0. The molecule has 0 bridgehead atoms. The van der Waals surface area contributed by atoms with Crippen molar-refractivity contribution in [2.45, 2.75) is 39.2 Å². The number of nitrogens with one attached hydrogen (secondary N) is 2. The highest BCUT2D eigenvalue weighted by atomic mass is 32.2. The average molecular weight is 225 g/mol. The molecule has 4 heteroatoms. The molecule has 1 aliphatic heterocycles. The van der Waals surface area contributed by atoms with E-state index in [-0.39, 0.29) is 0 Å². The highest BCUT2D eigenvalue weighted by Crippen LogP contribution is 2.22. The topological polar surface area (TPSA) is 40.7 Å². The second kappa shape index (κ2) is 4.92. The lowest BCUT2D eigenvalue weighted by atomic mass is 10.1. The number of aromatic amines is 1. The van der Waals surface area contributed by atoms with Gasteiger partial charge in [0.15, 0.2) is 5.82 Å². The fourth-order valence-electron chi connectivity index (χ4n) is 1.95. The van der Waals surface area contributed by atoms with E-state index in [2.05, 4.69) is 41.1 Å². The van der Waals surface area contributed by atoms with Gasteiger partial charge in [-0.1, -0.05) is 6.92 Å². The van der Waals surface area contributed by atoms with E-state index in [9.17, 15) is 0 Å². The van der Waals surface area contributed by atoms with Crippen molar-refractivity contribution in [3.63, 3.8) is 0 Å². The van der Waals surface area contributed by atoms with E-state index in [1.807, 2.05) is 0 Å². The monoisotopic (exact) mass is 225 g/mol. The van der Waals surface area contributed by atoms with Crippen molar-refractivity contribution in [2.24, 2.45) is 0 Å². The Morgan fingerprint density at radius 1 is 1.47 bits per heavy atom. The number of thioether (sulfide) groups is 1. The van der Waals surface area contributed by atoms with E-state index in [1.165, 1.54) is 35.6 Å². The van der Waals surface area contributed by atoms with Gasteiger partial charge in [-0.05, 0) is 37.7 Å². The van der Waals surface area contributed by atoms with Gasteiger partial charge in [-0.15, -0.1) is 0 Å². The van der Waals surface area contributed by atoms with E-state index in [1.54, 1.807) is 0 Å². The summed E-state index contributed by atoms with van der Waals surface area (Å²) in [4.78, 5) is 0. The van der Waals surface area contributed by atoms with Gasteiger partial charge in [0.05, 0.1) is 0 Å². The molecule has 84 valence electrons. The van der Waals surface area contributed by atoms with Crippen LogP contribution in [0.15, 0.2) is 0 Å². The van der Waals surface area contributed by atoms with Crippen LogP contribution in [0.2, 0.25) is 0 Å². The van der Waals surface area contributed by atoms with Gasteiger partial charge >= 0.3 is 0 Å². The molecule has 1 aromatic heterocycles. The summed E-state index contributed by atoms with van der Waals surface area (Å²) >= 11 is 2.05. The second-order valence-electron chi connectivity index (χ2n) is 4.06. The Morgan fingerprint density at radius 3 is 2.80 bits per heavy atom. The van der Waals surface area contributed by atoms with Crippen LogP contribution in [-0.4, -0.2) is 27.7 Å². The summed E-state index contributed by atoms with van der Waals surface area (Å²) in [5.74, 6) is 3.62. The first-order chi connectivity index (χ1) is 7.31. The predicted molar refractivity (Wildman–Crippen MR) is 66.7 cm³/mol. The van der Waals surface area contributed by atoms with Crippen molar-refractivity contribution in [2.75, 3.05) is 16.8 Å². The fraction of sp³-hybridized carbons (Fsp3) is 0.727. The van der Waals surface area contributed by atoms with Crippen molar-refractivity contribution >= 4 is 17.6 Å². The Hall–Kier alpha value is -0.640. The van der Waals surface area contributed by atoms with Crippen molar-refractivity contribution in [1.29, 1.82) is 0 Å². The Morgan fingerprint density at radius 2 is 2.20 bits per heavy atom. The first-order valence-electron chi connectivity index (χ1n) is 5.69. The molecule has 0 spiro atoms. The Balaban J connectivity index is 2.00. The number of nitrogens with zero attached hydrogens (tertiary/aromatic N) is 1. The second-order valence-corrected chi connectivity index (χ2v) is 5.29. The van der Waals surface area contributed by atoms with Crippen LogP contribution in [0.5, 0.6) is 0 Å². The molecule has 0 radical (unpaired) electrons. The molecule has 0 saturated carbocycles. The van der Waals surface area contributed by atoms with Crippen LogP contribution in [0.1, 0.15) is 31.0 Å². The molecular weight excluding hydrogens is 206 g/mol. The Labute approximate surface area is 95.4 Å². The summed E-state index contributed by atoms with van der Waals surface area (Å²) in [5.41, 5.74) is 2.54. The first-order valence-corrected chi connectivity index (χ1v) is 6.85. The average Bonchev–Trinajstić information content (AvgIpc) is 2.62. The molecule has 0 unspecified atom stereocenters. The molecule has 3 nitrogen and oxygen atoms in total. The highest BCUT2D eigenvalue weighted by Gasteiger charge is 2.16. The molecule has 0 amide bonds. The number of hydrogen-bond donors (Lipinski definition) is 2. The lowest BCUT2D eigenvalue weighted by Gasteiger charge is -2.22. The van der Waals surface area contributed by atoms with Gasteiger partial charge in [0.1, 0.15) is 0 Å². The van der Waals surface area contributed by atoms with Gasteiger partial charge in [-0.25, -0.2) is 0 Å². The smallest absolute Gasteiger partial charge is 0.151 e. The molecule has 2 heterocycles. The summed E-state index contributed by atoms with van der Waals surface area (Å²) in [6.45, 7) is 4.30. The van der Waals surface area contributed by atoms with Crippen LogP contribution in [0.25, 0.3) is 0 Å². The number of rotatable bonds is 3. The van der Waals surface area contributed by atoms with Gasteiger partial charge in [-0.2, -0.15) is 16.9 Å². The maximum absolute atomic E-state index is 4.34. The molecule has 2 N–H and O–H groups in total. The maximum Gasteiger partial charge on any atom is 0.151 e. The maximum atomic E-state index is 4.34. The third kappa shape index (κ3) is 2.48. The van der Waals surface area contributed by atoms with Crippen LogP contribution in [-0.2, 0) is 6.42 Å². The largest absolute Gasteiger partial charge is 0.366 e. The third-order valence-corrected chi connectivity index (χ3v) is 4.07. The fourth-order valence-corrected chi connectivity index (χ4v) is 3.06. The highest BCUT2D eigenvalue weighted by molar-refractivity contribution is 7.99. The van der Waals surface area contributed by atoms with Gasteiger partial charge in [0.2, 0.25) is 0 Å². The number of aromatic nitrogens is 2. The zero-order chi connectivity index (χ0) is 10.7. The van der Waals surface area contributed by atoms with Crippen LogP contribution in [0, 0.1) is 6.92 Å². The zero-order valence-electron chi connectivity index (χ0n) is 9.47. The number of H-pyrrole nitrogens is 1. The molecule has 1 saturated heterocycles. The zero-order valence-corrected chi connectivity index (χ0v) is 10.3. The van der Waals surface area contributed by atoms with Crippen LogP contribution < -0.4 is 5.32 Å². The standard InChI is InChI=1S/C11H19N3S/c1-3-10-8(2)11(14-13-10)12-9-4-6-15-7-5-9/h9H,3-7H2,1-2H3,(H2,12,13,14). The van der Waals surface area contributed by atoms with E-state index in [0.29, 0.717) is 6.04 Å². The number of anilines is 1. The molecule has 1 aromatic rings. The Kier molecular flexibility index (Phi) is 3.57. The molecule has 1 fully saturated rings. The molecule has 2 rings (SSSR count). The Bertz CT molecular complexity index is 316. The summed E-state index contributed by atoms with van der Waals surface area (Å²) in [7, 11) is 0. The van der Waals surface area contributed by atoms with Gasteiger partial charge < -0.3 is 5.32 Å². The molecule has 15 heavy (non-hydrogen) atoms. The molecule has 0 atom stereocenters. The molecule has 0 aromatic carbocycles. The van der Waals surface area contributed by atoms with E-state index < -0.39 is 0 Å². The van der Waals surface area contributed by atoms with Crippen LogP contribution in [0.4, 0.5) is 5.82 Å². The minimum absolute atomic E-state index is 0.623. The lowest BCUT2D eigenvalue weighted by Crippen LogP contribution is -2.24.